The van der Waals surface area contributed by atoms with Crippen molar-refractivity contribution in [3.05, 3.63) is 70.3 Å². The summed E-state index contributed by atoms with van der Waals surface area (Å²) in [5.74, 6) is 0.972. The van der Waals surface area contributed by atoms with Crippen LogP contribution in [0.25, 0.3) is 11.3 Å². The van der Waals surface area contributed by atoms with Gasteiger partial charge in [-0.2, -0.15) is 0 Å². The molecule has 5 nitrogen and oxygen atoms in total. The van der Waals surface area contributed by atoms with Crippen LogP contribution in [0, 0.1) is 5.82 Å². The highest BCUT2D eigenvalue weighted by molar-refractivity contribution is 7.09. The third-order valence-electron chi connectivity index (χ3n) is 5.68. The van der Waals surface area contributed by atoms with Crippen LogP contribution in [-0.4, -0.2) is 53.5 Å². The lowest BCUT2D eigenvalue weighted by molar-refractivity contribution is -0.135. The fourth-order valence-electron chi connectivity index (χ4n) is 3.67. The van der Waals surface area contributed by atoms with E-state index in [4.69, 9.17) is 9.72 Å². The molecule has 1 aliphatic rings. The number of ether oxygens (including phenoxy) is 1. The van der Waals surface area contributed by atoms with Gasteiger partial charge in [0.2, 0.25) is 0 Å². The summed E-state index contributed by atoms with van der Waals surface area (Å²) in [5.41, 5.74) is 3.05. The molecule has 0 saturated carbocycles. The van der Waals surface area contributed by atoms with Gasteiger partial charge in [0.1, 0.15) is 16.6 Å². The van der Waals surface area contributed by atoms with E-state index in [9.17, 15) is 9.18 Å². The number of amides is 1. The molecule has 2 heterocycles. The maximum absolute atomic E-state index is 13.1. The Kier molecular flexibility index (Phi) is 7.17. The predicted molar refractivity (Wildman–Crippen MR) is 125 cm³/mol. The molecule has 1 aliphatic heterocycles. The molecule has 32 heavy (non-hydrogen) atoms. The Bertz CT molecular complexity index is 1030. The van der Waals surface area contributed by atoms with E-state index in [-0.39, 0.29) is 18.3 Å². The molecule has 4 rings (SSSR count). The number of rotatable bonds is 7. The maximum Gasteiger partial charge on any atom is 0.260 e. The van der Waals surface area contributed by atoms with Crippen LogP contribution in [-0.2, 0) is 11.3 Å². The molecular weight excluding hydrogens is 425 g/mol. The largest absolute Gasteiger partial charge is 0.484 e. The van der Waals surface area contributed by atoms with Crippen LogP contribution in [0.3, 0.4) is 0 Å². The number of nitrogens with zero attached hydrogens (tertiary/aromatic N) is 3. The number of thiazole rings is 1. The van der Waals surface area contributed by atoms with Crippen LogP contribution in [0.4, 0.5) is 4.39 Å². The summed E-state index contributed by atoms with van der Waals surface area (Å²) in [6, 6.07) is 14.3. The lowest BCUT2D eigenvalue weighted by Gasteiger charge is -2.34. The summed E-state index contributed by atoms with van der Waals surface area (Å²) in [5, 5.41) is 3.03. The normalized spacial score (nSPS) is 14.7. The second-order valence-electron chi connectivity index (χ2n) is 8.30. The van der Waals surface area contributed by atoms with Gasteiger partial charge in [-0.05, 0) is 47.9 Å². The average molecular weight is 454 g/mol. The molecule has 3 aromatic rings. The van der Waals surface area contributed by atoms with Gasteiger partial charge in [0.15, 0.2) is 6.61 Å². The van der Waals surface area contributed by atoms with E-state index in [0.717, 1.165) is 41.6 Å². The fourth-order valence-corrected chi connectivity index (χ4v) is 4.51. The van der Waals surface area contributed by atoms with Gasteiger partial charge in [-0.3, -0.25) is 9.69 Å². The Morgan fingerprint density at radius 1 is 1.06 bits per heavy atom. The summed E-state index contributed by atoms with van der Waals surface area (Å²) in [4.78, 5) is 21.4. The van der Waals surface area contributed by atoms with Gasteiger partial charge >= 0.3 is 0 Å². The van der Waals surface area contributed by atoms with E-state index in [1.54, 1.807) is 23.5 Å². The first kappa shape index (κ1) is 22.4. The number of hydrogen-bond donors (Lipinski definition) is 0. The molecule has 0 unspecified atom stereocenters. The van der Waals surface area contributed by atoms with Gasteiger partial charge in [-0.25, -0.2) is 9.37 Å². The van der Waals surface area contributed by atoms with Gasteiger partial charge in [0, 0.05) is 37.1 Å². The molecule has 0 radical (unpaired) electrons. The van der Waals surface area contributed by atoms with E-state index < -0.39 is 0 Å². The molecule has 1 fully saturated rings. The van der Waals surface area contributed by atoms with Crippen molar-refractivity contribution >= 4 is 17.2 Å². The third kappa shape index (κ3) is 5.72. The first-order chi connectivity index (χ1) is 15.5. The third-order valence-corrected chi connectivity index (χ3v) is 6.52. The average Bonchev–Trinajstić information content (AvgIpc) is 3.27. The van der Waals surface area contributed by atoms with Crippen molar-refractivity contribution in [3.8, 4) is 17.0 Å². The van der Waals surface area contributed by atoms with Crippen molar-refractivity contribution in [1.29, 1.82) is 0 Å². The summed E-state index contributed by atoms with van der Waals surface area (Å²) >= 11 is 1.61. The lowest BCUT2D eigenvalue weighted by atomic mass is 10.0. The number of hydrogen-bond acceptors (Lipinski definition) is 5. The zero-order valence-corrected chi connectivity index (χ0v) is 19.3. The topological polar surface area (TPSA) is 45.7 Å². The number of carbonyl (C=O) groups excluding carboxylic acids is 1. The molecule has 1 amide bonds. The highest BCUT2D eigenvalue weighted by atomic mass is 32.1. The summed E-state index contributed by atoms with van der Waals surface area (Å²) in [6.07, 6.45) is 0. The van der Waals surface area contributed by atoms with E-state index in [1.165, 1.54) is 17.7 Å². The number of aromatic nitrogens is 1. The highest BCUT2D eigenvalue weighted by Gasteiger charge is 2.22. The number of carbonyl (C=O) groups is 1. The molecule has 1 saturated heterocycles. The van der Waals surface area contributed by atoms with Gasteiger partial charge in [0.05, 0.1) is 12.2 Å². The van der Waals surface area contributed by atoms with Crippen LogP contribution in [0.15, 0.2) is 53.9 Å². The summed E-state index contributed by atoms with van der Waals surface area (Å²) < 4.78 is 18.8. The zero-order valence-electron chi connectivity index (χ0n) is 18.5. The van der Waals surface area contributed by atoms with E-state index in [2.05, 4.69) is 18.7 Å². The van der Waals surface area contributed by atoms with Crippen LogP contribution >= 0.6 is 11.3 Å². The van der Waals surface area contributed by atoms with E-state index in [1.807, 2.05) is 34.5 Å². The first-order valence-electron chi connectivity index (χ1n) is 10.9. The van der Waals surface area contributed by atoms with Gasteiger partial charge in [0.25, 0.3) is 5.91 Å². The van der Waals surface area contributed by atoms with Crippen LogP contribution < -0.4 is 4.74 Å². The molecular formula is C25H28FN3O2S. The van der Waals surface area contributed by atoms with Crippen LogP contribution in [0.2, 0.25) is 0 Å². The molecule has 0 N–H and O–H groups in total. The second kappa shape index (κ2) is 10.2. The molecule has 0 spiro atoms. The molecule has 7 heteroatoms. The number of benzene rings is 2. The first-order valence-corrected chi connectivity index (χ1v) is 11.8. The Morgan fingerprint density at radius 3 is 2.41 bits per heavy atom. The maximum atomic E-state index is 13.1. The number of halogens is 1. The van der Waals surface area contributed by atoms with Crippen molar-refractivity contribution in [2.24, 2.45) is 0 Å². The highest BCUT2D eigenvalue weighted by Crippen LogP contribution is 2.23. The van der Waals surface area contributed by atoms with Crippen molar-refractivity contribution < 1.29 is 13.9 Å². The van der Waals surface area contributed by atoms with Crippen molar-refractivity contribution in [3.63, 3.8) is 0 Å². The van der Waals surface area contributed by atoms with E-state index >= 15 is 0 Å². The van der Waals surface area contributed by atoms with Gasteiger partial charge in [-0.15, -0.1) is 11.3 Å². The predicted octanol–water partition coefficient (Wildman–Crippen LogP) is 4.80. The Hall–Kier alpha value is -2.77. The summed E-state index contributed by atoms with van der Waals surface area (Å²) in [6.45, 7) is 8.10. The Labute approximate surface area is 192 Å². The lowest BCUT2D eigenvalue weighted by Crippen LogP contribution is -2.49. The minimum atomic E-state index is -0.244. The van der Waals surface area contributed by atoms with Gasteiger partial charge < -0.3 is 9.64 Å². The van der Waals surface area contributed by atoms with Crippen LogP contribution in [0.5, 0.6) is 5.75 Å². The fraction of sp³-hybridized carbons (Fsp3) is 0.360. The molecule has 168 valence electrons. The van der Waals surface area contributed by atoms with Crippen LogP contribution in [0.1, 0.15) is 30.3 Å². The molecule has 0 aliphatic carbocycles. The van der Waals surface area contributed by atoms with Crippen molar-refractivity contribution in [2.45, 2.75) is 26.3 Å². The summed E-state index contributed by atoms with van der Waals surface area (Å²) in [7, 11) is 0. The van der Waals surface area contributed by atoms with E-state index in [0.29, 0.717) is 19.0 Å². The second-order valence-corrected chi connectivity index (χ2v) is 9.25. The van der Waals surface area contributed by atoms with Crippen molar-refractivity contribution in [2.75, 3.05) is 32.8 Å². The molecule has 1 aromatic heterocycles. The zero-order chi connectivity index (χ0) is 22.5. The quantitative estimate of drug-likeness (QED) is 0.516. The monoisotopic (exact) mass is 453 g/mol. The van der Waals surface area contributed by atoms with Crippen molar-refractivity contribution in [1.82, 2.24) is 14.8 Å². The minimum Gasteiger partial charge on any atom is -0.484 e. The molecule has 2 aromatic carbocycles. The standard InChI is InChI=1S/C25H28FN3O2S/c1-18(2)19-5-9-22(10-6-19)31-16-25(30)29-13-11-28(12-14-29)15-24-27-23(17-32-24)20-3-7-21(26)8-4-20/h3-10,17-18H,11-16H2,1-2H3. The Balaban J connectivity index is 1.22. The molecule has 0 bridgehead atoms. The number of piperazine rings is 1. The smallest absolute Gasteiger partial charge is 0.260 e. The molecule has 0 atom stereocenters. The Morgan fingerprint density at radius 2 is 1.75 bits per heavy atom. The van der Waals surface area contributed by atoms with Gasteiger partial charge in [-0.1, -0.05) is 26.0 Å². The SMILES string of the molecule is CC(C)c1ccc(OCC(=O)N2CCN(Cc3nc(-c4ccc(F)cc4)cs3)CC2)cc1. The minimum absolute atomic E-state index is 0.0189.